The molecule has 5 rings (SSSR count). The molecule has 1 unspecified atom stereocenters. The van der Waals surface area contributed by atoms with E-state index in [9.17, 15) is 4.79 Å². The molecule has 1 atom stereocenters. The Hall–Kier alpha value is -3.04. The molecule has 1 fully saturated rings. The highest BCUT2D eigenvalue weighted by Crippen LogP contribution is 2.24. The second-order valence-electron chi connectivity index (χ2n) is 9.10. The molecule has 180 valence electrons. The van der Waals surface area contributed by atoms with Crippen LogP contribution in [0.5, 0.6) is 5.75 Å². The number of methoxy groups -OCH3 is 1. The fourth-order valence-electron chi connectivity index (χ4n) is 4.87. The fraction of sp³-hybridized carbons (Fsp3) is 0.520. The highest BCUT2D eigenvalue weighted by Gasteiger charge is 2.26. The van der Waals surface area contributed by atoms with E-state index >= 15 is 0 Å². The lowest BCUT2D eigenvalue weighted by atomic mass is 9.99. The van der Waals surface area contributed by atoms with Gasteiger partial charge in [-0.25, -0.2) is 4.98 Å². The van der Waals surface area contributed by atoms with Crippen LogP contribution < -0.4 is 10.1 Å². The van der Waals surface area contributed by atoms with Crippen LogP contribution >= 0.6 is 0 Å². The van der Waals surface area contributed by atoms with Crippen LogP contribution in [0.15, 0.2) is 30.3 Å². The molecule has 0 bridgehead atoms. The molecule has 9 heteroatoms. The molecule has 1 N–H and O–H groups in total. The summed E-state index contributed by atoms with van der Waals surface area (Å²) in [5, 5.41) is 13.1. The minimum absolute atomic E-state index is 0.0197. The molecule has 2 aromatic heterocycles. The van der Waals surface area contributed by atoms with E-state index in [1.165, 1.54) is 0 Å². The maximum Gasteiger partial charge on any atom is 0.223 e. The summed E-state index contributed by atoms with van der Waals surface area (Å²) >= 11 is 0. The Morgan fingerprint density at radius 2 is 2.03 bits per heavy atom. The zero-order valence-corrected chi connectivity index (χ0v) is 19.9. The van der Waals surface area contributed by atoms with Crippen molar-refractivity contribution in [1.82, 2.24) is 30.0 Å². The quantitative estimate of drug-likeness (QED) is 0.599. The van der Waals surface area contributed by atoms with Crippen molar-refractivity contribution in [3.63, 3.8) is 0 Å². The Kier molecular flexibility index (Phi) is 6.73. The van der Waals surface area contributed by atoms with Crippen LogP contribution in [0.1, 0.15) is 43.1 Å². The molecule has 1 amide bonds. The maximum absolute atomic E-state index is 12.7. The number of ether oxygens (including phenoxy) is 2. The average molecular weight is 465 g/mol. The standard InChI is InChI=1S/C25H32N6O3/c1-17(26-25(32)19-9-14-34-15-10-19)24-29-28-22-8-11-30(12-13-31(22)24)16-20-7-6-18-4-3-5-21(33-2)23(18)27-20/h3-7,17,19H,8-16H2,1-2H3,(H,26,32). The van der Waals surface area contributed by atoms with E-state index in [0.29, 0.717) is 13.2 Å². The molecule has 1 aromatic carbocycles. The highest BCUT2D eigenvalue weighted by molar-refractivity contribution is 5.84. The van der Waals surface area contributed by atoms with E-state index in [1.54, 1.807) is 7.11 Å². The van der Waals surface area contributed by atoms with Crippen LogP contribution in [0.4, 0.5) is 0 Å². The molecule has 0 saturated carbocycles. The first-order valence-corrected chi connectivity index (χ1v) is 12.1. The van der Waals surface area contributed by atoms with Gasteiger partial charge in [0.15, 0.2) is 5.82 Å². The second kappa shape index (κ2) is 10.1. The Labute approximate surface area is 199 Å². The van der Waals surface area contributed by atoms with Crippen molar-refractivity contribution < 1.29 is 14.3 Å². The number of fused-ring (bicyclic) bond motifs is 2. The first kappa shape index (κ1) is 22.7. The zero-order chi connectivity index (χ0) is 23.5. The number of benzene rings is 1. The first-order chi connectivity index (χ1) is 16.6. The zero-order valence-electron chi connectivity index (χ0n) is 19.9. The predicted octanol–water partition coefficient (Wildman–Crippen LogP) is 2.50. The number of pyridine rings is 1. The lowest BCUT2D eigenvalue weighted by molar-refractivity contribution is -0.128. The Balaban J connectivity index is 1.24. The number of nitrogens with one attached hydrogen (secondary N) is 1. The van der Waals surface area contributed by atoms with Crippen molar-refractivity contribution in [2.45, 2.75) is 45.3 Å². The summed E-state index contributed by atoms with van der Waals surface area (Å²) in [5.41, 5.74) is 1.91. The van der Waals surface area contributed by atoms with Gasteiger partial charge in [-0.15, -0.1) is 10.2 Å². The monoisotopic (exact) mass is 464 g/mol. The highest BCUT2D eigenvalue weighted by atomic mass is 16.5. The van der Waals surface area contributed by atoms with Gasteiger partial charge in [-0.1, -0.05) is 18.2 Å². The molecule has 2 aliphatic heterocycles. The van der Waals surface area contributed by atoms with Crippen molar-refractivity contribution in [3.8, 4) is 5.75 Å². The second-order valence-corrected chi connectivity index (χ2v) is 9.10. The van der Waals surface area contributed by atoms with Gasteiger partial charge in [-0.3, -0.25) is 9.69 Å². The van der Waals surface area contributed by atoms with Crippen LogP contribution in [0, 0.1) is 5.92 Å². The largest absolute Gasteiger partial charge is 0.494 e. The smallest absolute Gasteiger partial charge is 0.223 e. The molecule has 9 nitrogen and oxygen atoms in total. The molecule has 2 aliphatic rings. The summed E-state index contributed by atoms with van der Waals surface area (Å²) < 4.78 is 13.0. The number of nitrogens with zero attached hydrogens (tertiary/aromatic N) is 5. The fourth-order valence-corrected chi connectivity index (χ4v) is 4.87. The summed E-state index contributed by atoms with van der Waals surface area (Å²) in [7, 11) is 1.68. The van der Waals surface area contributed by atoms with E-state index in [4.69, 9.17) is 14.5 Å². The van der Waals surface area contributed by atoms with Crippen molar-refractivity contribution in [2.24, 2.45) is 5.92 Å². The van der Waals surface area contributed by atoms with Gasteiger partial charge in [0.25, 0.3) is 0 Å². The molecule has 1 saturated heterocycles. The van der Waals surface area contributed by atoms with E-state index in [-0.39, 0.29) is 17.9 Å². The van der Waals surface area contributed by atoms with Gasteiger partial charge >= 0.3 is 0 Å². The number of aromatic nitrogens is 4. The molecular weight excluding hydrogens is 432 g/mol. The molecule has 0 spiro atoms. The number of para-hydroxylation sites is 1. The van der Waals surface area contributed by atoms with Gasteiger partial charge in [0.1, 0.15) is 17.1 Å². The Morgan fingerprint density at radius 1 is 1.18 bits per heavy atom. The Bertz CT molecular complexity index is 1160. The third-order valence-electron chi connectivity index (χ3n) is 6.83. The topological polar surface area (TPSA) is 94.4 Å². The number of carbonyl (C=O) groups excluding carboxylic acids is 1. The van der Waals surface area contributed by atoms with Gasteiger partial charge in [0.2, 0.25) is 5.91 Å². The summed E-state index contributed by atoms with van der Waals surface area (Å²) in [6.45, 7) is 6.59. The summed E-state index contributed by atoms with van der Waals surface area (Å²) in [4.78, 5) is 20.0. The van der Waals surface area contributed by atoms with Crippen LogP contribution in [-0.2, 0) is 29.0 Å². The summed E-state index contributed by atoms with van der Waals surface area (Å²) in [5.74, 6) is 2.69. The number of hydrogen-bond acceptors (Lipinski definition) is 7. The number of hydrogen-bond donors (Lipinski definition) is 1. The van der Waals surface area contributed by atoms with Gasteiger partial charge in [-0.05, 0) is 31.9 Å². The van der Waals surface area contributed by atoms with E-state index in [0.717, 1.165) is 79.4 Å². The van der Waals surface area contributed by atoms with E-state index in [2.05, 4.69) is 43.2 Å². The van der Waals surface area contributed by atoms with Crippen LogP contribution in [-0.4, -0.2) is 64.0 Å². The maximum atomic E-state index is 12.7. The third-order valence-corrected chi connectivity index (χ3v) is 6.83. The van der Waals surface area contributed by atoms with Crippen molar-refractivity contribution >= 4 is 16.8 Å². The van der Waals surface area contributed by atoms with Crippen LogP contribution in [0.25, 0.3) is 10.9 Å². The number of amides is 1. The third kappa shape index (κ3) is 4.76. The SMILES string of the molecule is COc1cccc2ccc(CN3CCc4nnc(C(C)NC(=O)C5CCOCC5)n4CC3)nc12. The van der Waals surface area contributed by atoms with Gasteiger partial charge in [0, 0.05) is 57.1 Å². The predicted molar refractivity (Wildman–Crippen MR) is 127 cm³/mol. The minimum atomic E-state index is -0.183. The van der Waals surface area contributed by atoms with Crippen LogP contribution in [0.2, 0.25) is 0 Å². The number of carbonyl (C=O) groups is 1. The lowest BCUT2D eigenvalue weighted by Crippen LogP contribution is -2.36. The molecule has 4 heterocycles. The van der Waals surface area contributed by atoms with E-state index in [1.807, 2.05) is 19.1 Å². The van der Waals surface area contributed by atoms with Crippen molar-refractivity contribution in [2.75, 3.05) is 33.4 Å². The van der Waals surface area contributed by atoms with Gasteiger partial charge < -0.3 is 19.4 Å². The molecule has 34 heavy (non-hydrogen) atoms. The molecular formula is C25H32N6O3. The van der Waals surface area contributed by atoms with Crippen LogP contribution in [0.3, 0.4) is 0 Å². The normalized spacial score (nSPS) is 18.3. The molecule has 0 aliphatic carbocycles. The molecule has 3 aromatic rings. The Morgan fingerprint density at radius 3 is 2.85 bits per heavy atom. The minimum Gasteiger partial charge on any atom is -0.494 e. The van der Waals surface area contributed by atoms with E-state index < -0.39 is 0 Å². The van der Waals surface area contributed by atoms with Crippen molar-refractivity contribution in [1.29, 1.82) is 0 Å². The molecule has 0 radical (unpaired) electrons. The average Bonchev–Trinajstić information content (AvgIpc) is 3.18. The summed E-state index contributed by atoms with van der Waals surface area (Å²) in [6, 6.07) is 9.99. The number of rotatable bonds is 6. The van der Waals surface area contributed by atoms with Gasteiger partial charge in [-0.2, -0.15) is 0 Å². The summed E-state index contributed by atoms with van der Waals surface area (Å²) in [6.07, 6.45) is 2.37. The first-order valence-electron chi connectivity index (χ1n) is 12.1. The lowest BCUT2D eigenvalue weighted by Gasteiger charge is -2.23. The van der Waals surface area contributed by atoms with Crippen molar-refractivity contribution in [3.05, 3.63) is 47.7 Å². The van der Waals surface area contributed by atoms with Gasteiger partial charge in [0.05, 0.1) is 18.8 Å².